The minimum atomic E-state index is 0.367. The van der Waals surface area contributed by atoms with Gasteiger partial charge in [-0.25, -0.2) is 0 Å². The van der Waals surface area contributed by atoms with Crippen LogP contribution in [0.25, 0.3) is 0 Å². The van der Waals surface area contributed by atoms with E-state index in [2.05, 4.69) is 59.8 Å². The molecule has 146 valence electrons. The van der Waals surface area contributed by atoms with Crippen LogP contribution in [0, 0.1) is 5.41 Å². The Labute approximate surface area is 159 Å². The highest BCUT2D eigenvalue weighted by molar-refractivity contribution is 5.79. The number of benzene rings is 1. The van der Waals surface area contributed by atoms with Crippen LogP contribution in [0.5, 0.6) is 0 Å². The van der Waals surface area contributed by atoms with Gasteiger partial charge < -0.3 is 20.3 Å². The van der Waals surface area contributed by atoms with Gasteiger partial charge >= 0.3 is 0 Å². The fourth-order valence-electron chi connectivity index (χ4n) is 3.41. The van der Waals surface area contributed by atoms with Crippen molar-refractivity contribution in [2.24, 2.45) is 10.4 Å². The zero-order valence-electron chi connectivity index (χ0n) is 16.8. The standard InChI is InChI=1S/C21H36N4O/c1-4-22-20(24-18-21(12-8-13-21)14-17-26-3)23-15-9-16-25(2)19-10-6-5-7-11-19/h5-7,10-11H,4,8-9,12-18H2,1-3H3,(H2,22,23,24). The van der Waals surface area contributed by atoms with Crippen LogP contribution in [0.1, 0.15) is 39.0 Å². The maximum Gasteiger partial charge on any atom is 0.191 e. The minimum Gasteiger partial charge on any atom is -0.385 e. The Morgan fingerprint density at radius 3 is 2.62 bits per heavy atom. The molecule has 0 unspecified atom stereocenters. The second-order valence-corrected chi connectivity index (χ2v) is 7.33. The first-order valence-electron chi connectivity index (χ1n) is 9.96. The first-order valence-corrected chi connectivity index (χ1v) is 9.96. The molecule has 1 aliphatic carbocycles. The molecule has 1 aliphatic rings. The summed E-state index contributed by atoms with van der Waals surface area (Å²) in [6.07, 6.45) is 6.08. The number of aliphatic imine (C=N–C) groups is 1. The predicted molar refractivity (Wildman–Crippen MR) is 111 cm³/mol. The van der Waals surface area contributed by atoms with E-state index in [1.807, 2.05) is 0 Å². The molecule has 0 aliphatic heterocycles. The smallest absolute Gasteiger partial charge is 0.191 e. The summed E-state index contributed by atoms with van der Waals surface area (Å²) in [7, 11) is 3.93. The number of methoxy groups -OCH3 is 1. The van der Waals surface area contributed by atoms with Gasteiger partial charge in [-0.2, -0.15) is 0 Å². The van der Waals surface area contributed by atoms with Crippen LogP contribution in [0.3, 0.4) is 0 Å². The third kappa shape index (κ3) is 6.52. The Bertz CT molecular complexity index is 528. The lowest BCUT2D eigenvalue weighted by atomic mass is 9.67. The summed E-state index contributed by atoms with van der Waals surface area (Å²) < 4.78 is 5.28. The molecule has 0 amide bonds. The highest BCUT2D eigenvalue weighted by Crippen LogP contribution is 2.44. The molecule has 0 aromatic heterocycles. The van der Waals surface area contributed by atoms with E-state index in [0.29, 0.717) is 5.41 Å². The quantitative estimate of drug-likeness (QED) is 0.361. The maximum atomic E-state index is 5.28. The highest BCUT2D eigenvalue weighted by Gasteiger charge is 2.36. The van der Waals surface area contributed by atoms with Gasteiger partial charge in [0.25, 0.3) is 0 Å². The maximum absolute atomic E-state index is 5.28. The third-order valence-electron chi connectivity index (χ3n) is 5.33. The minimum absolute atomic E-state index is 0.367. The van der Waals surface area contributed by atoms with Crippen molar-refractivity contribution in [3.05, 3.63) is 30.3 Å². The number of ether oxygens (including phenoxy) is 1. The van der Waals surface area contributed by atoms with Gasteiger partial charge in [0.15, 0.2) is 5.96 Å². The highest BCUT2D eigenvalue weighted by atomic mass is 16.5. The monoisotopic (exact) mass is 360 g/mol. The van der Waals surface area contributed by atoms with E-state index in [1.54, 1.807) is 7.11 Å². The molecule has 0 radical (unpaired) electrons. The summed E-state index contributed by atoms with van der Waals surface area (Å²) in [5.41, 5.74) is 1.63. The van der Waals surface area contributed by atoms with E-state index in [9.17, 15) is 0 Å². The largest absolute Gasteiger partial charge is 0.385 e. The van der Waals surface area contributed by atoms with Crippen molar-refractivity contribution in [3.63, 3.8) is 0 Å². The molecule has 1 aromatic rings. The van der Waals surface area contributed by atoms with Gasteiger partial charge in [0.2, 0.25) is 0 Å². The molecule has 1 saturated carbocycles. The molecular weight excluding hydrogens is 324 g/mol. The number of rotatable bonds is 11. The molecular formula is C21H36N4O. The Kier molecular flexibility index (Phi) is 8.75. The first kappa shape index (κ1) is 20.6. The molecule has 0 saturated heterocycles. The van der Waals surface area contributed by atoms with Crippen LogP contribution in [0.2, 0.25) is 0 Å². The van der Waals surface area contributed by atoms with Crippen LogP contribution in [-0.4, -0.2) is 52.9 Å². The summed E-state index contributed by atoms with van der Waals surface area (Å²) in [5, 5.41) is 6.86. The number of para-hydroxylation sites is 1. The average Bonchev–Trinajstić information content (AvgIpc) is 2.64. The Morgan fingerprint density at radius 2 is 2.00 bits per heavy atom. The summed E-state index contributed by atoms with van der Waals surface area (Å²) in [5.74, 6) is 0.943. The van der Waals surface area contributed by atoms with Crippen LogP contribution >= 0.6 is 0 Å². The lowest BCUT2D eigenvalue weighted by Crippen LogP contribution is -2.41. The van der Waals surface area contributed by atoms with Gasteiger partial charge in [-0.1, -0.05) is 24.6 Å². The number of hydrogen-bond acceptors (Lipinski definition) is 3. The number of nitrogens with zero attached hydrogens (tertiary/aromatic N) is 2. The molecule has 26 heavy (non-hydrogen) atoms. The average molecular weight is 361 g/mol. The second kappa shape index (κ2) is 11.1. The second-order valence-electron chi connectivity index (χ2n) is 7.33. The zero-order valence-corrected chi connectivity index (χ0v) is 16.8. The molecule has 5 nitrogen and oxygen atoms in total. The van der Waals surface area contributed by atoms with Crippen LogP contribution < -0.4 is 15.5 Å². The Morgan fingerprint density at radius 1 is 1.23 bits per heavy atom. The van der Waals surface area contributed by atoms with E-state index >= 15 is 0 Å². The molecule has 0 bridgehead atoms. The zero-order chi connectivity index (χ0) is 18.7. The Balaban J connectivity index is 1.74. The van der Waals surface area contributed by atoms with Gasteiger partial charge in [-0.05, 0) is 50.2 Å². The van der Waals surface area contributed by atoms with Crippen molar-refractivity contribution >= 4 is 11.6 Å². The van der Waals surface area contributed by atoms with Crippen molar-refractivity contribution in [1.82, 2.24) is 10.6 Å². The number of nitrogens with one attached hydrogen (secondary N) is 2. The molecule has 0 spiro atoms. The summed E-state index contributed by atoms with van der Waals surface area (Å²) >= 11 is 0. The van der Waals surface area contributed by atoms with Crippen molar-refractivity contribution in [3.8, 4) is 0 Å². The van der Waals surface area contributed by atoms with Crippen molar-refractivity contribution < 1.29 is 4.74 Å². The van der Waals surface area contributed by atoms with E-state index in [1.165, 1.54) is 24.9 Å². The fourth-order valence-corrected chi connectivity index (χ4v) is 3.41. The summed E-state index contributed by atoms with van der Waals surface area (Å²) in [4.78, 5) is 7.15. The van der Waals surface area contributed by atoms with Gasteiger partial charge in [-0.15, -0.1) is 0 Å². The van der Waals surface area contributed by atoms with Crippen LogP contribution in [0.15, 0.2) is 35.3 Å². The van der Waals surface area contributed by atoms with Gasteiger partial charge in [0.1, 0.15) is 0 Å². The van der Waals surface area contributed by atoms with E-state index in [0.717, 1.165) is 51.6 Å². The lowest BCUT2D eigenvalue weighted by molar-refractivity contribution is 0.0778. The molecule has 1 fully saturated rings. The van der Waals surface area contributed by atoms with Gasteiger partial charge in [0.05, 0.1) is 0 Å². The van der Waals surface area contributed by atoms with Crippen molar-refractivity contribution in [2.75, 3.05) is 51.8 Å². The normalized spacial score (nSPS) is 16.0. The van der Waals surface area contributed by atoms with Crippen LogP contribution in [-0.2, 0) is 4.74 Å². The first-order chi connectivity index (χ1) is 12.7. The molecule has 2 rings (SSSR count). The lowest BCUT2D eigenvalue weighted by Gasteiger charge is -2.40. The number of guanidine groups is 1. The van der Waals surface area contributed by atoms with Gasteiger partial charge in [0, 0.05) is 52.6 Å². The SMILES string of the molecule is CCNC(=NCC1(CCOC)CCC1)NCCCN(C)c1ccccc1. The summed E-state index contributed by atoms with van der Waals surface area (Å²) in [6.45, 7) is 6.69. The predicted octanol–water partition coefficient (Wildman–Crippen LogP) is 3.27. The number of hydrogen-bond donors (Lipinski definition) is 2. The molecule has 2 N–H and O–H groups in total. The van der Waals surface area contributed by atoms with Gasteiger partial charge in [-0.3, -0.25) is 4.99 Å². The molecule has 0 atom stereocenters. The topological polar surface area (TPSA) is 48.9 Å². The van der Waals surface area contributed by atoms with E-state index in [-0.39, 0.29) is 0 Å². The van der Waals surface area contributed by atoms with Crippen LogP contribution in [0.4, 0.5) is 5.69 Å². The molecule has 0 heterocycles. The number of anilines is 1. The fraction of sp³-hybridized carbons (Fsp3) is 0.667. The van der Waals surface area contributed by atoms with Crippen molar-refractivity contribution in [1.29, 1.82) is 0 Å². The van der Waals surface area contributed by atoms with E-state index in [4.69, 9.17) is 9.73 Å². The Hall–Kier alpha value is -1.75. The van der Waals surface area contributed by atoms with Crippen molar-refractivity contribution in [2.45, 2.75) is 39.0 Å². The molecule has 1 aromatic carbocycles. The third-order valence-corrected chi connectivity index (χ3v) is 5.33. The summed E-state index contributed by atoms with van der Waals surface area (Å²) in [6, 6.07) is 10.5. The van der Waals surface area contributed by atoms with E-state index < -0.39 is 0 Å². The molecule has 5 heteroatoms.